The summed E-state index contributed by atoms with van der Waals surface area (Å²) in [6.07, 6.45) is -3.00. The molecule has 0 amide bonds. The molecular formula is C31H26O10. The van der Waals surface area contributed by atoms with Gasteiger partial charge in [-0.25, -0.2) is 0 Å². The molecule has 0 aliphatic carbocycles. The molecule has 0 fully saturated rings. The second-order valence-electron chi connectivity index (χ2n) is 10.6. The molecule has 4 aromatic carbocycles. The van der Waals surface area contributed by atoms with Gasteiger partial charge in [0.15, 0.2) is 29.1 Å². The minimum absolute atomic E-state index is 0.00130. The molecule has 0 saturated heterocycles. The van der Waals surface area contributed by atoms with Gasteiger partial charge in [-0.1, -0.05) is 18.2 Å². The van der Waals surface area contributed by atoms with Crippen LogP contribution in [0.15, 0.2) is 60.7 Å². The third-order valence-electron chi connectivity index (χ3n) is 8.14. The maximum Gasteiger partial charge on any atom is 0.163 e. The van der Waals surface area contributed by atoms with Crippen LogP contribution >= 0.6 is 0 Å². The van der Waals surface area contributed by atoms with Crippen LogP contribution in [0, 0.1) is 0 Å². The largest absolute Gasteiger partial charge is 0.508 e. The normalized spacial score (nSPS) is 24.2. The molecule has 10 nitrogen and oxygen atoms in total. The average molecular weight is 559 g/mol. The molecule has 41 heavy (non-hydrogen) atoms. The Morgan fingerprint density at radius 1 is 0.634 bits per heavy atom. The van der Waals surface area contributed by atoms with Crippen LogP contribution in [0.2, 0.25) is 0 Å². The molecule has 7 N–H and O–H groups in total. The summed E-state index contributed by atoms with van der Waals surface area (Å²) in [7, 11) is 0. The molecule has 0 spiro atoms. The Bertz CT molecular complexity index is 1700. The summed E-state index contributed by atoms with van der Waals surface area (Å²) >= 11 is 0. The maximum atomic E-state index is 11.3. The van der Waals surface area contributed by atoms with Crippen LogP contribution in [-0.2, 0) is 17.8 Å². The standard InChI is InChI=1S/C31H26O10/c32-15-2-3-17-26(10-15)41-30-16-4-6-21(34)28(38)19(16)12-39-31(30)27(17)18-7-14-9-24(37)29(40-25(14)11-22(18)35)13-1-5-20(33)23(36)8-13/h1-8,10-11,24,27,29-38H,9,12H2. The molecule has 7 rings (SSSR count). The van der Waals surface area contributed by atoms with Crippen molar-refractivity contribution in [1.82, 2.24) is 0 Å². The quantitative estimate of drug-likeness (QED) is 0.178. The maximum absolute atomic E-state index is 11.3. The van der Waals surface area contributed by atoms with E-state index in [1.54, 1.807) is 24.3 Å². The lowest BCUT2D eigenvalue weighted by Crippen LogP contribution is -2.40. The number of hydrogen-bond acceptors (Lipinski definition) is 10. The first kappa shape index (κ1) is 25.2. The van der Waals surface area contributed by atoms with Crippen molar-refractivity contribution in [2.45, 2.75) is 43.4 Å². The van der Waals surface area contributed by atoms with Crippen molar-refractivity contribution in [1.29, 1.82) is 0 Å². The number of fused-ring (bicyclic) bond motifs is 5. The number of aliphatic hydroxyl groups excluding tert-OH is 1. The SMILES string of the molecule is Oc1ccc2c(c1)OC1c3ccc(O)c(O)c3COC1C2c1cc2c(cc1O)OC(c1ccc(O)c(O)c1)C(O)C2. The molecule has 5 atom stereocenters. The van der Waals surface area contributed by atoms with E-state index in [-0.39, 0.29) is 47.5 Å². The van der Waals surface area contributed by atoms with Crippen molar-refractivity contribution in [3.8, 4) is 46.0 Å². The van der Waals surface area contributed by atoms with E-state index in [1.165, 1.54) is 36.4 Å². The molecule has 0 radical (unpaired) electrons. The summed E-state index contributed by atoms with van der Waals surface area (Å²) in [5.74, 6) is -1.11. The second-order valence-corrected chi connectivity index (χ2v) is 10.6. The molecule has 10 heteroatoms. The second kappa shape index (κ2) is 9.12. The molecule has 3 aliphatic heterocycles. The van der Waals surface area contributed by atoms with Gasteiger partial charge >= 0.3 is 0 Å². The number of benzene rings is 4. The van der Waals surface area contributed by atoms with Gasteiger partial charge in [0.05, 0.1) is 12.7 Å². The Kier molecular flexibility index (Phi) is 5.60. The number of hydrogen-bond donors (Lipinski definition) is 7. The van der Waals surface area contributed by atoms with Gasteiger partial charge in [0, 0.05) is 46.7 Å². The lowest BCUT2D eigenvalue weighted by molar-refractivity contribution is -0.0720. The van der Waals surface area contributed by atoms with Gasteiger partial charge < -0.3 is 50.0 Å². The first-order chi connectivity index (χ1) is 19.7. The highest BCUT2D eigenvalue weighted by atomic mass is 16.5. The molecule has 210 valence electrons. The lowest BCUT2D eigenvalue weighted by Gasteiger charge is -2.43. The van der Waals surface area contributed by atoms with E-state index in [9.17, 15) is 35.7 Å². The molecule has 3 heterocycles. The Morgan fingerprint density at radius 2 is 1.39 bits per heavy atom. The van der Waals surface area contributed by atoms with Gasteiger partial charge in [-0.2, -0.15) is 0 Å². The Labute approximate surface area is 233 Å². The molecule has 3 aliphatic rings. The third-order valence-corrected chi connectivity index (χ3v) is 8.14. The van der Waals surface area contributed by atoms with Gasteiger partial charge in [-0.15, -0.1) is 0 Å². The summed E-state index contributed by atoms with van der Waals surface area (Å²) in [5.41, 5.74) is 3.29. The summed E-state index contributed by atoms with van der Waals surface area (Å²) in [5, 5.41) is 72.6. The fraction of sp³-hybridized carbons (Fsp3) is 0.226. The van der Waals surface area contributed by atoms with Crippen LogP contribution in [0.25, 0.3) is 0 Å². The van der Waals surface area contributed by atoms with Crippen LogP contribution in [0.3, 0.4) is 0 Å². The fourth-order valence-corrected chi connectivity index (χ4v) is 6.15. The van der Waals surface area contributed by atoms with Crippen molar-refractivity contribution in [2.75, 3.05) is 0 Å². The minimum Gasteiger partial charge on any atom is -0.508 e. The van der Waals surface area contributed by atoms with Crippen LogP contribution in [0.4, 0.5) is 0 Å². The van der Waals surface area contributed by atoms with E-state index in [2.05, 4.69) is 0 Å². The summed E-state index contributed by atoms with van der Waals surface area (Å²) < 4.78 is 18.6. The molecule has 0 bridgehead atoms. The van der Waals surface area contributed by atoms with Gasteiger partial charge in [0.1, 0.15) is 35.2 Å². The van der Waals surface area contributed by atoms with Gasteiger partial charge in [0.2, 0.25) is 0 Å². The number of aliphatic hydroxyl groups is 1. The highest BCUT2D eigenvalue weighted by Gasteiger charge is 2.46. The summed E-state index contributed by atoms with van der Waals surface area (Å²) in [4.78, 5) is 0. The lowest BCUT2D eigenvalue weighted by atomic mass is 9.77. The predicted molar refractivity (Wildman–Crippen MR) is 143 cm³/mol. The van der Waals surface area contributed by atoms with Crippen molar-refractivity contribution < 1.29 is 50.0 Å². The van der Waals surface area contributed by atoms with Crippen LogP contribution in [0.5, 0.6) is 46.0 Å². The Balaban J connectivity index is 1.31. The number of phenolic OH excluding ortho intramolecular Hbond substituents is 6. The van der Waals surface area contributed by atoms with Crippen LogP contribution in [0.1, 0.15) is 51.5 Å². The van der Waals surface area contributed by atoms with Crippen molar-refractivity contribution in [3.05, 3.63) is 94.0 Å². The molecule has 5 unspecified atom stereocenters. The molecule has 0 saturated carbocycles. The zero-order valence-corrected chi connectivity index (χ0v) is 21.4. The monoisotopic (exact) mass is 558 g/mol. The van der Waals surface area contributed by atoms with E-state index >= 15 is 0 Å². The van der Waals surface area contributed by atoms with Crippen molar-refractivity contribution in [3.63, 3.8) is 0 Å². The van der Waals surface area contributed by atoms with E-state index in [1.807, 2.05) is 0 Å². The Hall–Kier alpha value is -4.80. The number of phenols is 6. The van der Waals surface area contributed by atoms with Crippen LogP contribution in [-0.4, -0.2) is 48.0 Å². The van der Waals surface area contributed by atoms with Gasteiger partial charge in [-0.3, -0.25) is 0 Å². The van der Waals surface area contributed by atoms with E-state index in [0.717, 1.165) is 0 Å². The first-order valence-corrected chi connectivity index (χ1v) is 13.1. The summed E-state index contributed by atoms with van der Waals surface area (Å²) in [6.45, 7) is -0.00130. The zero-order valence-electron chi connectivity index (χ0n) is 21.4. The third kappa shape index (κ3) is 3.94. The number of rotatable bonds is 2. The van der Waals surface area contributed by atoms with Gasteiger partial charge in [-0.05, 0) is 41.5 Å². The number of ether oxygens (including phenoxy) is 3. The van der Waals surface area contributed by atoms with Crippen molar-refractivity contribution in [2.24, 2.45) is 0 Å². The number of aromatic hydroxyl groups is 6. The van der Waals surface area contributed by atoms with E-state index in [4.69, 9.17) is 14.2 Å². The van der Waals surface area contributed by atoms with Crippen LogP contribution < -0.4 is 9.47 Å². The summed E-state index contributed by atoms with van der Waals surface area (Å²) in [6, 6.07) is 15.2. The predicted octanol–water partition coefficient (Wildman–Crippen LogP) is 4.12. The highest BCUT2D eigenvalue weighted by molar-refractivity contribution is 5.58. The van der Waals surface area contributed by atoms with Crippen molar-refractivity contribution >= 4 is 0 Å². The highest BCUT2D eigenvalue weighted by Crippen LogP contribution is 2.54. The smallest absolute Gasteiger partial charge is 0.163 e. The fourth-order valence-electron chi connectivity index (χ4n) is 6.15. The average Bonchev–Trinajstić information content (AvgIpc) is 2.95. The van der Waals surface area contributed by atoms with Gasteiger partial charge in [0.25, 0.3) is 0 Å². The Morgan fingerprint density at radius 3 is 2.20 bits per heavy atom. The first-order valence-electron chi connectivity index (χ1n) is 13.1. The minimum atomic E-state index is -0.982. The molecule has 0 aromatic heterocycles. The topological polar surface area (TPSA) is 169 Å². The molecular weight excluding hydrogens is 532 g/mol. The zero-order chi connectivity index (χ0) is 28.6. The van der Waals surface area contributed by atoms with E-state index in [0.29, 0.717) is 44.9 Å². The molecule has 4 aromatic rings. The van der Waals surface area contributed by atoms with E-state index < -0.39 is 30.3 Å².